The van der Waals surface area contributed by atoms with Gasteiger partial charge in [0, 0.05) is 23.4 Å². The minimum Gasteiger partial charge on any atom is -0.392 e. The summed E-state index contributed by atoms with van der Waals surface area (Å²) in [6, 6.07) is 20.4. The van der Waals surface area contributed by atoms with Gasteiger partial charge in [0.15, 0.2) is 0 Å². The molecule has 3 aromatic rings. The molecule has 1 unspecified atom stereocenters. The number of hydrogen-bond donors (Lipinski definition) is 1. The number of hydrogen-bond acceptors (Lipinski definition) is 3. The van der Waals surface area contributed by atoms with Crippen molar-refractivity contribution in [3.63, 3.8) is 0 Å². The van der Waals surface area contributed by atoms with E-state index >= 15 is 0 Å². The number of aromatic nitrogens is 1. The van der Waals surface area contributed by atoms with Crippen molar-refractivity contribution >= 4 is 11.3 Å². The largest absolute Gasteiger partial charge is 0.392 e. The summed E-state index contributed by atoms with van der Waals surface area (Å²) in [5.74, 6) is -0.0190. The molecule has 1 heterocycles. The summed E-state index contributed by atoms with van der Waals surface area (Å²) >= 11 is 1.59. The topological polar surface area (TPSA) is 33.1 Å². The van der Waals surface area contributed by atoms with E-state index in [1.165, 1.54) is 0 Å². The van der Waals surface area contributed by atoms with Crippen LogP contribution >= 0.6 is 11.3 Å². The summed E-state index contributed by atoms with van der Waals surface area (Å²) < 4.78 is 0. The second-order valence-corrected chi connectivity index (χ2v) is 6.01. The van der Waals surface area contributed by atoms with Crippen LogP contribution in [0.25, 0.3) is 0 Å². The van der Waals surface area contributed by atoms with Crippen LogP contribution in [-0.4, -0.2) is 16.2 Å². The first-order chi connectivity index (χ1) is 10.3. The lowest BCUT2D eigenvalue weighted by Gasteiger charge is -2.23. The Labute approximate surface area is 128 Å². The third-order valence-corrected chi connectivity index (χ3v) is 4.40. The van der Waals surface area contributed by atoms with Gasteiger partial charge in [-0.1, -0.05) is 60.7 Å². The molecule has 0 saturated heterocycles. The van der Waals surface area contributed by atoms with Crippen LogP contribution < -0.4 is 0 Å². The van der Waals surface area contributed by atoms with E-state index in [4.69, 9.17) is 0 Å². The second kappa shape index (κ2) is 6.66. The lowest BCUT2D eigenvalue weighted by atomic mass is 9.85. The van der Waals surface area contributed by atoms with Crippen molar-refractivity contribution in [1.29, 1.82) is 0 Å². The molecular weight excluding hydrogens is 278 g/mol. The van der Waals surface area contributed by atoms with Gasteiger partial charge in [-0.3, -0.25) is 4.98 Å². The molecule has 0 amide bonds. The Bertz CT molecular complexity index is 613. The Morgan fingerprint density at radius 1 is 0.905 bits per heavy atom. The molecule has 0 saturated carbocycles. The summed E-state index contributed by atoms with van der Waals surface area (Å²) in [6.45, 7) is 0. The molecule has 1 N–H and O–H groups in total. The first kappa shape index (κ1) is 14.0. The molecule has 0 spiro atoms. The number of benzene rings is 2. The molecule has 106 valence electrons. The quantitative estimate of drug-likeness (QED) is 0.775. The third kappa shape index (κ3) is 3.38. The predicted octanol–water partition coefficient (Wildman–Crippen LogP) is 3.88. The van der Waals surface area contributed by atoms with Gasteiger partial charge in [-0.2, -0.15) is 0 Å². The van der Waals surface area contributed by atoms with Gasteiger partial charge in [-0.25, -0.2) is 0 Å². The molecule has 0 aliphatic rings. The lowest BCUT2D eigenvalue weighted by Crippen LogP contribution is -2.22. The number of aliphatic hydroxyl groups is 1. The van der Waals surface area contributed by atoms with E-state index in [0.29, 0.717) is 6.42 Å². The Hall–Kier alpha value is -1.97. The van der Waals surface area contributed by atoms with Crippen LogP contribution in [0.4, 0.5) is 0 Å². The Morgan fingerprint density at radius 3 is 1.95 bits per heavy atom. The van der Waals surface area contributed by atoms with Crippen LogP contribution in [0.2, 0.25) is 0 Å². The fourth-order valence-corrected chi connectivity index (χ4v) is 3.27. The molecule has 3 heteroatoms. The maximum absolute atomic E-state index is 10.8. The van der Waals surface area contributed by atoms with E-state index in [0.717, 1.165) is 16.0 Å². The van der Waals surface area contributed by atoms with Crippen molar-refractivity contribution in [3.05, 3.63) is 88.4 Å². The van der Waals surface area contributed by atoms with Crippen LogP contribution in [0.5, 0.6) is 0 Å². The zero-order chi connectivity index (χ0) is 14.5. The fourth-order valence-electron chi connectivity index (χ4n) is 2.62. The van der Waals surface area contributed by atoms with E-state index in [1.807, 2.05) is 48.1 Å². The van der Waals surface area contributed by atoms with E-state index < -0.39 is 6.10 Å². The molecule has 0 fully saturated rings. The molecule has 1 aromatic heterocycles. The first-order valence-corrected chi connectivity index (χ1v) is 7.88. The zero-order valence-electron chi connectivity index (χ0n) is 11.6. The van der Waals surface area contributed by atoms with Crippen LogP contribution in [-0.2, 0) is 6.42 Å². The zero-order valence-corrected chi connectivity index (χ0v) is 12.4. The van der Waals surface area contributed by atoms with Gasteiger partial charge in [0.25, 0.3) is 0 Å². The second-order valence-electron chi connectivity index (χ2n) is 5.04. The lowest BCUT2D eigenvalue weighted by molar-refractivity contribution is 0.157. The summed E-state index contributed by atoms with van der Waals surface area (Å²) in [5, 5.41) is 10.8. The predicted molar refractivity (Wildman–Crippen MR) is 86.6 cm³/mol. The Morgan fingerprint density at radius 2 is 1.48 bits per heavy atom. The summed E-state index contributed by atoms with van der Waals surface area (Å²) in [5.41, 5.74) is 4.09. The monoisotopic (exact) mass is 295 g/mol. The molecule has 21 heavy (non-hydrogen) atoms. The average molecular weight is 295 g/mol. The van der Waals surface area contributed by atoms with Gasteiger partial charge in [0.2, 0.25) is 0 Å². The van der Waals surface area contributed by atoms with Crippen LogP contribution in [0.3, 0.4) is 0 Å². The van der Waals surface area contributed by atoms with Crippen molar-refractivity contribution in [3.8, 4) is 0 Å². The number of rotatable bonds is 5. The standard InChI is InChI=1S/C18H17NOS/c20-17(11-16-12-19-13-21-16)18(14-7-3-1-4-8-14)15-9-5-2-6-10-15/h1-10,12-13,17-18,20H,11H2. The number of thiazole rings is 1. The van der Waals surface area contributed by atoms with Crippen molar-refractivity contribution in [2.75, 3.05) is 0 Å². The minimum atomic E-state index is -0.463. The van der Waals surface area contributed by atoms with Crippen molar-refractivity contribution in [2.45, 2.75) is 18.4 Å². The van der Waals surface area contributed by atoms with Crippen molar-refractivity contribution in [2.24, 2.45) is 0 Å². The van der Waals surface area contributed by atoms with E-state index in [2.05, 4.69) is 29.2 Å². The maximum Gasteiger partial charge on any atom is 0.0794 e. The van der Waals surface area contributed by atoms with Gasteiger partial charge in [0.05, 0.1) is 11.6 Å². The van der Waals surface area contributed by atoms with Gasteiger partial charge in [-0.05, 0) is 11.1 Å². The SMILES string of the molecule is OC(Cc1cncs1)C(c1ccccc1)c1ccccc1. The number of aliphatic hydroxyl groups excluding tert-OH is 1. The first-order valence-electron chi connectivity index (χ1n) is 7.00. The van der Waals surface area contributed by atoms with Gasteiger partial charge in [-0.15, -0.1) is 11.3 Å². The van der Waals surface area contributed by atoms with Crippen molar-refractivity contribution < 1.29 is 5.11 Å². The molecule has 3 rings (SSSR count). The smallest absolute Gasteiger partial charge is 0.0794 e. The van der Waals surface area contributed by atoms with E-state index in [-0.39, 0.29) is 5.92 Å². The average Bonchev–Trinajstić information content (AvgIpc) is 3.02. The molecule has 0 aliphatic carbocycles. The molecule has 0 radical (unpaired) electrons. The van der Waals surface area contributed by atoms with E-state index in [9.17, 15) is 5.11 Å². The summed E-state index contributed by atoms with van der Waals surface area (Å²) in [7, 11) is 0. The summed E-state index contributed by atoms with van der Waals surface area (Å²) in [6.07, 6.45) is 2.00. The fraction of sp³-hybridized carbons (Fsp3) is 0.167. The highest BCUT2D eigenvalue weighted by atomic mass is 32.1. The Balaban J connectivity index is 1.92. The third-order valence-electron chi connectivity index (χ3n) is 3.60. The van der Waals surface area contributed by atoms with Gasteiger partial charge < -0.3 is 5.11 Å². The molecule has 0 bridgehead atoms. The van der Waals surface area contributed by atoms with Gasteiger partial charge in [0.1, 0.15) is 0 Å². The highest BCUT2D eigenvalue weighted by molar-refractivity contribution is 7.09. The molecule has 0 aliphatic heterocycles. The van der Waals surface area contributed by atoms with E-state index in [1.54, 1.807) is 11.3 Å². The highest BCUT2D eigenvalue weighted by Gasteiger charge is 2.23. The minimum absolute atomic E-state index is 0.0190. The Kier molecular flexibility index (Phi) is 4.43. The molecule has 2 aromatic carbocycles. The normalized spacial score (nSPS) is 12.5. The molecular formula is C18H17NOS. The van der Waals surface area contributed by atoms with Crippen LogP contribution in [0, 0.1) is 0 Å². The van der Waals surface area contributed by atoms with Crippen LogP contribution in [0.15, 0.2) is 72.4 Å². The maximum atomic E-state index is 10.8. The summed E-state index contributed by atoms with van der Waals surface area (Å²) in [4.78, 5) is 5.20. The molecule has 1 atom stereocenters. The highest BCUT2D eigenvalue weighted by Crippen LogP contribution is 2.30. The number of nitrogens with zero attached hydrogens (tertiary/aromatic N) is 1. The van der Waals surface area contributed by atoms with Crippen molar-refractivity contribution in [1.82, 2.24) is 4.98 Å². The van der Waals surface area contributed by atoms with Crippen LogP contribution in [0.1, 0.15) is 21.9 Å². The van der Waals surface area contributed by atoms with Gasteiger partial charge >= 0.3 is 0 Å². The molecule has 2 nitrogen and oxygen atoms in total.